The number of hydrogen-bond donors (Lipinski definition) is 2. The van der Waals surface area contributed by atoms with E-state index in [0.29, 0.717) is 29.8 Å². The van der Waals surface area contributed by atoms with Gasteiger partial charge in [-0.25, -0.2) is 4.98 Å². The van der Waals surface area contributed by atoms with Crippen molar-refractivity contribution in [2.75, 3.05) is 19.6 Å². The fraction of sp³-hybridized carbons (Fsp3) is 0.250. The molecule has 1 unspecified atom stereocenters. The number of carbonyl (C=O) groups excluding carboxylic acids is 2. The first kappa shape index (κ1) is 17.2. The molecule has 3 heterocycles. The maximum Gasteiger partial charge on any atom is 0.254 e. The molecule has 1 aromatic carbocycles. The molecule has 138 valence electrons. The minimum atomic E-state index is -0.118. The van der Waals surface area contributed by atoms with Gasteiger partial charge in [0, 0.05) is 68.2 Å². The van der Waals surface area contributed by atoms with E-state index in [2.05, 4.69) is 15.3 Å². The van der Waals surface area contributed by atoms with Crippen molar-refractivity contribution < 1.29 is 9.59 Å². The highest BCUT2D eigenvalue weighted by atomic mass is 16.2. The summed E-state index contributed by atoms with van der Waals surface area (Å²) in [7, 11) is 1.93. The molecule has 0 spiro atoms. The topological polar surface area (TPSA) is 83.0 Å². The number of ketones is 1. The molecule has 2 aromatic heterocycles. The van der Waals surface area contributed by atoms with Gasteiger partial charge in [0.25, 0.3) is 5.91 Å². The van der Waals surface area contributed by atoms with E-state index in [1.807, 2.05) is 22.7 Å². The minimum absolute atomic E-state index is 0.0508. The number of H-pyrrole nitrogens is 1. The lowest BCUT2D eigenvalue weighted by Gasteiger charge is -2.35. The van der Waals surface area contributed by atoms with Crippen molar-refractivity contribution in [2.24, 2.45) is 7.05 Å². The molecule has 7 nitrogen and oxygen atoms in total. The molecule has 0 aliphatic carbocycles. The number of carbonyl (C=O) groups is 2. The predicted molar refractivity (Wildman–Crippen MR) is 101 cm³/mol. The second kappa shape index (κ2) is 7.20. The van der Waals surface area contributed by atoms with Crippen LogP contribution in [0.15, 0.2) is 55.1 Å². The number of imidazole rings is 1. The zero-order chi connectivity index (χ0) is 18.8. The summed E-state index contributed by atoms with van der Waals surface area (Å²) in [5.74, 6) is 0.739. The van der Waals surface area contributed by atoms with Crippen LogP contribution in [0.3, 0.4) is 0 Å². The molecule has 3 aromatic rings. The molecule has 0 radical (unpaired) electrons. The number of hydrogen-bond acceptors (Lipinski definition) is 4. The van der Waals surface area contributed by atoms with E-state index in [0.717, 1.165) is 12.4 Å². The van der Waals surface area contributed by atoms with Crippen LogP contribution in [0.4, 0.5) is 0 Å². The number of amides is 1. The zero-order valence-corrected chi connectivity index (χ0v) is 15.1. The van der Waals surface area contributed by atoms with E-state index in [1.165, 1.54) is 0 Å². The number of piperazine rings is 1. The molecule has 0 bridgehead atoms. The van der Waals surface area contributed by atoms with Crippen molar-refractivity contribution in [1.29, 1.82) is 0 Å². The molecule has 1 fully saturated rings. The van der Waals surface area contributed by atoms with Crippen molar-refractivity contribution >= 4 is 11.7 Å². The van der Waals surface area contributed by atoms with Crippen LogP contribution in [-0.2, 0) is 7.05 Å². The summed E-state index contributed by atoms with van der Waals surface area (Å²) in [4.78, 5) is 34.6. The molecular formula is C20H21N5O2. The van der Waals surface area contributed by atoms with Gasteiger partial charge < -0.3 is 19.8 Å². The third-order valence-electron chi connectivity index (χ3n) is 4.91. The van der Waals surface area contributed by atoms with Gasteiger partial charge in [-0.1, -0.05) is 12.1 Å². The van der Waals surface area contributed by atoms with Crippen LogP contribution in [0.1, 0.15) is 38.1 Å². The second-order valence-corrected chi connectivity index (χ2v) is 6.62. The maximum atomic E-state index is 13.1. The molecule has 1 aliphatic rings. The average molecular weight is 363 g/mol. The Labute approximate surface area is 157 Å². The van der Waals surface area contributed by atoms with Crippen LogP contribution in [0.5, 0.6) is 0 Å². The number of aryl methyl sites for hydroxylation is 1. The highest BCUT2D eigenvalue weighted by Gasteiger charge is 2.31. The second-order valence-electron chi connectivity index (χ2n) is 6.62. The van der Waals surface area contributed by atoms with E-state index in [1.54, 1.807) is 48.9 Å². The van der Waals surface area contributed by atoms with Crippen molar-refractivity contribution in [1.82, 2.24) is 24.8 Å². The van der Waals surface area contributed by atoms with E-state index in [4.69, 9.17) is 0 Å². The van der Waals surface area contributed by atoms with Gasteiger partial charge in [-0.15, -0.1) is 0 Å². The minimum Gasteiger partial charge on any atom is -0.367 e. The lowest BCUT2D eigenvalue weighted by Crippen LogP contribution is -2.49. The van der Waals surface area contributed by atoms with Gasteiger partial charge in [0.05, 0.1) is 0 Å². The fourth-order valence-corrected chi connectivity index (χ4v) is 3.44. The SMILES string of the molecule is Cn1ccnc1C1CNCCN1C(=O)c1ccc(C(=O)c2cc[nH]c2)cc1. The Morgan fingerprint density at radius 1 is 1.11 bits per heavy atom. The lowest BCUT2D eigenvalue weighted by atomic mass is 10.0. The van der Waals surface area contributed by atoms with Crippen molar-refractivity contribution in [3.8, 4) is 0 Å². The Bertz CT molecular complexity index is 943. The maximum absolute atomic E-state index is 13.1. The van der Waals surface area contributed by atoms with Gasteiger partial charge in [0.2, 0.25) is 0 Å². The van der Waals surface area contributed by atoms with Gasteiger partial charge in [-0.2, -0.15) is 0 Å². The molecule has 1 atom stereocenters. The van der Waals surface area contributed by atoms with Crippen molar-refractivity contribution in [2.45, 2.75) is 6.04 Å². The van der Waals surface area contributed by atoms with Crippen LogP contribution < -0.4 is 5.32 Å². The summed E-state index contributed by atoms with van der Waals surface area (Å²) in [6, 6.07) is 8.48. The Morgan fingerprint density at radius 2 is 1.89 bits per heavy atom. The molecular weight excluding hydrogens is 342 g/mol. The molecule has 0 saturated carbocycles. The standard InChI is InChI=1S/C20H21N5O2/c1-24-10-9-23-19(24)17-13-22-8-11-25(17)20(27)15-4-2-14(3-5-15)18(26)16-6-7-21-12-16/h2-7,9-10,12,17,21-22H,8,11,13H2,1H3. The summed E-state index contributed by atoms with van der Waals surface area (Å²) in [6.07, 6.45) is 7.01. The molecule has 1 amide bonds. The van der Waals surface area contributed by atoms with Crippen LogP contribution >= 0.6 is 0 Å². The quantitative estimate of drug-likeness (QED) is 0.692. The normalized spacial score (nSPS) is 17.1. The number of aromatic nitrogens is 3. The molecule has 2 N–H and O–H groups in total. The zero-order valence-electron chi connectivity index (χ0n) is 15.1. The lowest BCUT2D eigenvalue weighted by molar-refractivity contribution is 0.0620. The Balaban J connectivity index is 1.56. The molecule has 27 heavy (non-hydrogen) atoms. The molecule has 7 heteroatoms. The Hall–Kier alpha value is -3.19. The third kappa shape index (κ3) is 3.29. The summed E-state index contributed by atoms with van der Waals surface area (Å²) < 4.78 is 1.94. The van der Waals surface area contributed by atoms with Gasteiger partial charge in [0.15, 0.2) is 5.78 Å². The van der Waals surface area contributed by atoms with E-state index in [9.17, 15) is 9.59 Å². The first-order valence-corrected chi connectivity index (χ1v) is 8.91. The Kier molecular flexibility index (Phi) is 4.60. The van der Waals surface area contributed by atoms with Crippen molar-refractivity contribution in [3.63, 3.8) is 0 Å². The van der Waals surface area contributed by atoms with Crippen LogP contribution in [-0.4, -0.2) is 50.8 Å². The highest BCUT2D eigenvalue weighted by molar-refractivity contribution is 6.09. The largest absolute Gasteiger partial charge is 0.367 e. The van der Waals surface area contributed by atoms with Crippen LogP contribution in [0.2, 0.25) is 0 Å². The molecule has 1 saturated heterocycles. The summed E-state index contributed by atoms with van der Waals surface area (Å²) in [6.45, 7) is 2.03. The first-order chi connectivity index (χ1) is 13.1. The van der Waals surface area contributed by atoms with Gasteiger partial charge in [-0.05, 0) is 18.2 Å². The van der Waals surface area contributed by atoms with E-state index in [-0.39, 0.29) is 17.7 Å². The van der Waals surface area contributed by atoms with Crippen LogP contribution in [0.25, 0.3) is 0 Å². The van der Waals surface area contributed by atoms with Crippen LogP contribution in [0, 0.1) is 0 Å². The number of nitrogens with zero attached hydrogens (tertiary/aromatic N) is 3. The highest BCUT2D eigenvalue weighted by Crippen LogP contribution is 2.23. The van der Waals surface area contributed by atoms with Gasteiger partial charge in [0.1, 0.15) is 11.9 Å². The summed E-state index contributed by atoms with van der Waals surface area (Å²) in [5, 5.41) is 3.33. The first-order valence-electron chi connectivity index (χ1n) is 8.91. The number of benzene rings is 1. The predicted octanol–water partition coefficient (Wildman–Crippen LogP) is 1.77. The smallest absolute Gasteiger partial charge is 0.254 e. The van der Waals surface area contributed by atoms with E-state index < -0.39 is 0 Å². The number of nitrogens with one attached hydrogen (secondary N) is 2. The summed E-state index contributed by atoms with van der Waals surface area (Å²) in [5.41, 5.74) is 1.74. The third-order valence-corrected chi connectivity index (χ3v) is 4.91. The van der Waals surface area contributed by atoms with E-state index >= 15 is 0 Å². The molecule has 1 aliphatic heterocycles. The monoisotopic (exact) mass is 363 g/mol. The van der Waals surface area contributed by atoms with Gasteiger partial charge in [-0.3, -0.25) is 9.59 Å². The number of rotatable bonds is 4. The molecule has 4 rings (SSSR count). The van der Waals surface area contributed by atoms with Crippen molar-refractivity contribution in [3.05, 3.63) is 77.6 Å². The number of aromatic amines is 1. The summed E-state index contributed by atoms with van der Waals surface area (Å²) >= 11 is 0. The average Bonchev–Trinajstić information content (AvgIpc) is 3.39. The Morgan fingerprint density at radius 3 is 2.56 bits per heavy atom. The van der Waals surface area contributed by atoms with Gasteiger partial charge >= 0.3 is 0 Å². The fourth-order valence-electron chi connectivity index (χ4n) is 3.44.